The summed E-state index contributed by atoms with van der Waals surface area (Å²) in [6.07, 6.45) is 64.5. The lowest BCUT2D eigenvalue weighted by Gasteiger charge is -2.18. The van der Waals surface area contributed by atoms with Gasteiger partial charge in [-0.25, -0.2) is 0 Å². The molecule has 362 valence electrons. The van der Waals surface area contributed by atoms with Gasteiger partial charge in [-0.05, 0) is 96.3 Å². The first kappa shape index (κ1) is 59.9. The molecule has 0 rings (SSSR count). The molecule has 0 aliphatic rings. The molecule has 6 heteroatoms. The van der Waals surface area contributed by atoms with Crippen molar-refractivity contribution in [3.8, 4) is 0 Å². The minimum absolute atomic E-state index is 0.0916. The van der Waals surface area contributed by atoms with Gasteiger partial charge in [0.05, 0.1) is 0 Å². The molecule has 1 unspecified atom stereocenters. The molecule has 0 aromatic carbocycles. The molecule has 0 fully saturated rings. The smallest absolute Gasteiger partial charge is 0.306 e. The van der Waals surface area contributed by atoms with Crippen LogP contribution >= 0.6 is 0 Å². The number of hydrogen-bond acceptors (Lipinski definition) is 6. The predicted molar refractivity (Wildman–Crippen MR) is 270 cm³/mol. The second kappa shape index (κ2) is 51.5. The highest BCUT2D eigenvalue weighted by Crippen LogP contribution is 2.14. The molecule has 0 heterocycles. The third kappa shape index (κ3) is 49.7. The summed E-state index contributed by atoms with van der Waals surface area (Å²) in [5.74, 6) is -0.930. The number of esters is 3. The average Bonchev–Trinajstić information content (AvgIpc) is 3.28. The Balaban J connectivity index is 4.44. The first-order valence-electron chi connectivity index (χ1n) is 26.5. The van der Waals surface area contributed by atoms with Gasteiger partial charge in [0, 0.05) is 19.3 Å². The molecule has 0 aliphatic carbocycles. The van der Waals surface area contributed by atoms with Crippen molar-refractivity contribution in [3.05, 3.63) is 72.9 Å². The minimum Gasteiger partial charge on any atom is -0.462 e. The Hall–Kier alpha value is -3.15. The van der Waals surface area contributed by atoms with E-state index < -0.39 is 6.10 Å². The van der Waals surface area contributed by atoms with Gasteiger partial charge in [-0.1, -0.05) is 209 Å². The van der Waals surface area contributed by atoms with Gasteiger partial charge < -0.3 is 14.2 Å². The van der Waals surface area contributed by atoms with Gasteiger partial charge in [0.1, 0.15) is 13.2 Å². The third-order valence-electron chi connectivity index (χ3n) is 11.2. The Morgan fingerprint density at radius 1 is 0.317 bits per heavy atom. The van der Waals surface area contributed by atoms with Gasteiger partial charge in [0.2, 0.25) is 0 Å². The van der Waals surface area contributed by atoms with Crippen LogP contribution in [0.5, 0.6) is 0 Å². The molecular weight excluding hydrogens is 781 g/mol. The zero-order valence-corrected chi connectivity index (χ0v) is 41.3. The van der Waals surface area contributed by atoms with Crippen molar-refractivity contribution in [2.75, 3.05) is 13.2 Å². The van der Waals surface area contributed by atoms with E-state index >= 15 is 0 Å². The van der Waals surface area contributed by atoms with Gasteiger partial charge in [-0.2, -0.15) is 0 Å². The zero-order chi connectivity index (χ0) is 45.8. The highest BCUT2D eigenvalue weighted by Gasteiger charge is 2.19. The Morgan fingerprint density at radius 2 is 0.587 bits per heavy atom. The Kier molecular flexibility index (Phi) is 48.9. The summed E-state index contributed by atoms with van der Waals surface area (Å²) in [5.41, 5.74) is 0. The van der Waals surface area contributed by atoms with E-state index in [0.717, 1.165) is 96.3 Å². The van der Waals surface area contributed by atoms with Crippen LogP contribution in [0.3, 0.4) is 0 Å². The molecule has 0 amide bonds. The normalized spacial score (nSPS) is 12.6. The van der Waals surface area contributed by atoms with E-state index in [-0.39, 0.29) is 31.1 Å². The number of carbonyl (C=O) groups is 3. The minimum atomic E-state index is -0.793. The van der Waals surface area contributed by atoms with Gasteiger partial charge >= 0.3 is 17.9 Å². The molecule has 0 N–H and O–H groups in total. The number of carbonyl (C=O) groups excluding carboxylic acids is 3. The van der Waals surface area contributed by atoms with E-state index in [1.165, 1.54) is 116 Å². The van der Waals surface area contributed by atoms with E-state index in [1.54, 1.807) is 0 Å². The summed E-state index contributed by atoms with van der Waals surface area (Å²) in [6.45, 7) is 6.53. The molecule has 63 heavy (non-hydrogen) atoms. The first-order chi connectivity index (χ1) is 31.0. The summed E-state index contributed by atoms with van der Waals surface area (Å²) < 4.78 is 16.8. The zero-order valence-electron chi connectivity index (χ0n) is 41.3. The lowest BCUT2D eigenvalue weighted by atomic mass is 10.1. The van der Waals surface area contributed by atoms with Gasteiger partial charge in [0.25, 0.3) is 0 Å². The fraction of sp³-hybridized carbons (Fsp3) is 0.737. The van der Waals surface area contributed by atoms with Crippen LogP contribution in [0.25, 0.3) is 0 Å². The van der Waals surface area contributed by atoms with Gasteiger partial charge in [-0.3, -0.25) is 14.4 Å². The molecule has 0 aliphatic heterocycles. The summed E-state index contributed by atoms with van der Waals surface area (Å²) >= 11 is 0. The molecular formula is C57H98O6. The molecule has 0 radical (unpaired) electrons. The largest absolute Gasteiger partial charge is 0.462 e. The Bertz CT molecular complexity index is 1190. The second-order valence-electron chi connectivity index (χ2n) is 17.5. The van der Waals surface area contributed by atoms with Crippen molar-refractivity contribution in [2.45, 2.75) is 258 Å². The summed E-state index contributed by atoms with van der Waals surface area (Å²) in [6, 6.07) is 0. The molecule has 0 saturated carbocycles. The number of unbranched alkanes of at least 4 members (excludes halogenated alkanes) is 27. The lowest BCUT2D eigenvalue weighted by Crippen LogP contribution is -2.30. The van der Waals surface area contributed by atoms with Crippen molar-refractivity contribution in [3.63, 3.8) is 0 Å². The molecule has 0 spiro atoms. The molecule has 0 bridgehead atoms. The summed E-state index contributed by atoms with van der Waals surface area (Å²) in [5, 5.41) is 0. The van der Waals surface area contributed by atoms with Crippen LogP contribution in [0.15, 0.2) is 72.9 Å². The van der Waals surface area contributed by atoms with Crippen LogP contribution in [0, 0.1) is 0 Å². The SMILES string of the molecule is CCCCC/C=C\C=C/CCCCCCCCC(=O)OC(COC(=O)CCCCCCC\C=C/C=C\C=C/CCCCCCC)COC(=O)CCCCCCC/C=C\CCCCC. The van der Waals surface area contributed by atoms with Crippen molar-refractivity contribution in [1.29, 1.82) is 0 Å². The summed E-state index contributed by atoms with van der Waals surface area (Å²) in [7, 11) is 0. The van der Waals surface area contributed by atoms with Gasteiger partial charge in [0.15, 0.2) is 6.10 Å². The lowest BCUT2D eigenvalue weighted by molar-refractivity contribution is -0.167. The van der Waals surface area contributed by atoms with E-state index in [0.29, 0.717) is 19.3 Å². The average molecular weight is 879 g/mol. The van der Waals surface area contributed by atoms with Crippen LogP contribution in [-0.2, 0) is 28.6 Å². The number of allylic oxidation sites excluding steroid dienone is 12. The van der Waals surface area contributed by atoms with Crippen molar-refractivity contribution in [2.24, 2.45) is 0 Å². The van der Waals surface area contributed by atoms with E-state index in [9.17, 15) is 14.4 Å². The first-order valence-corrected chi connectivity index (χ1v) is 26.5. The number of ether oxygens (including phenoxy) is 3. The highest BCUT2D eigenvalue weighted by atomic mass is 16.6. The molecule has 6 nitrogen and oxygen atoms in total. The predicted octanol–water partition coefficient (Wildman–Crippen LogP) is 17.4. The monoisotopic (exact) mass is 879 g/mol. The van der Waals surface area contributed by atoms with Gasteiger partial charge in [-0.15, -0.1) is 0 Å². The van der Waals surface area contributed by atoms with Crippen LogP contribution in [-0.4, -0.2) is 37.2 Å². The summed E-state index contributed by atoms with van der Waals surface area (Å²) in [4.78, 5) is 38.0. The maximum absolute atomic E-state index is 12.8. The highest BCUT2D eigenvalue weighted by molar-refractivity contribution is 5.71. The maximum atomic E-state index is 12.8. The molecule has 1 atom stereocenters. The Morgan fingerprint density at radius 3 is 0.968 bits per heavy atom. The van der Waals surface area contributed by atoms with Crippen LogP contribution in [0.1, 0.15) is 252 Å². The molecule has 0 aromatic heterocycles. The second-order valence-corrected chi connectivity index (χ2v) is 17.5. The standard InChI is InChI=1S/C57H98O6/c1-4-7-10-13-16-19-22-25-27-28-29-31-32-35-38-41-44-47-50-56(59)62-53-54(52-61-55(58)49-46-43-40-37-34-24-21-18-15-12-9-6-3)63-57(60)51-48-45-42-39-36-33-30-26-23-20-17-14-11-8-5-2/h17-18,20-23,25-29,31,54H,4-16,19,24,30,32-53H2,1-3H3/b20-17-,21-18-,25-22-,26-23-,28-27-,31-29-. The molecule has 0 saturated heterocycles. The fourth-order valence-corrected chi connectivity index (χ4v) is 7.19. The number of rotatable bonds is 47. The molecule has 0 aromatic rings. The quantitative estimate of drug-likeness (QED) is 0.0199. The van der Waals surface area contributed by atoms with Crippen LogP contribution in [0.4, 0.5) is 0 Å². The Labute approximate surface area is 389 Å². The van der Waals surface area contributed by atoms with E-state index in [2.05, 4.69) is 93.7 Å². The fourth-order valence-electron chi connectivity index (χ4n) is 7.19. The van der Waals surface area contributed by atoms with Crippen molar-refractivity contribution < 1.29 is 28.6 Å². The van der Waals surface area contributed by atoms with E-state index in [4.69, 9.17) is 14.2 Å². The van der Waals surface area contributed by atoms with Crippen LogP contribution < -0.4 is 0 Å². The van der Waals surface area contributed by atoms with E-state index in [1.807, 2.05) is 0 Å². The topological polar surface area (TPSA) is 78.9 Å². The van der Waals surface area contributed by atoms with Crippen LogP contribution in [0.2, 0.25) is 0 Å². The third-order valence-corrected chi connectivity index (χ3v) is 11.2. The number of hydrogen-bond donors (Lipinski definition) is 0. The van der Waals surface area contributed by atoms with Crippen molar-refractivity contribution >= 4 is 17.9 Å². The maximum Gasteiger partial charge on any atom is 0.306 e. The van der Waals surface area contributed by atoms with Crippen molar-refractivity contribution in [1.82, 2.24) is 0 Å².